The van der Waals surface area contributed by atoms with Gasteiger partial charge in [-0.3, -0.25) is 4.90 Å². The second-order valence-corrected chi connectivity index (χ2v) is 9.50. The van der Waals surface area contributed by atoms with E-state index in [1.807, 2.05) is 7.05 Å². The summed E-state index contributed by atoms with van der Waals surface area (Å²) in [5.41, 5.74) is 0. The summed E-state index contributed by atoms with van der Waals surface area (Å²) in [7, 11) is 1.80. The zero-order valence-corrected chi connectivity index (χ0v) is 16.4. The van der Waals surface area contributed by atoms with E-state index in [4.69, 9.17) is 0 Å². The Bertz CT molecular complexity index is 681. The quantitative estimate of drug-likeness (QED) is 0.766. The normalized spacial score (nSPS) is 24.1. The molecule has 0 aromatic carbocycles. The Morgan fingerprint density at radius 1 is 1.08 bits per heavy atom. The maximum atomic E-state index is 12.4. The van der Waals surface area contributed by atoms with Crippen molar-refractivity contribution in [1.29, 1.82) is 0 Å². The Morgan fingerprint density at radius 3 is 2.48 bits per heavy atom. The van der Waals surface area contributed by atoms with Gasteiger partial charge in [0.1, 0.15) is 11.6 Å². The van der Waals surface area contributed by atoms with Crippen molar-refractivity contribution in [2.45, 2.75) is 44.6 Å². The van der Waals surface area contributed by atoms with Crippen molar-refractivity contribution >= 4 is 10.2 Å². The van der Waals surface area contributed by atoms with Gasteiger partial charge in [0.05, 0.1) is 6.54 Å². The summed E-state index contributed by atoms with van der Waals surface area (Å²) in [5, 5.41) is 8.82. The van der Waals surface area contributed by atoms with Crippen LogP contribution in [0.5, 0.6) is 0 Å². The lowest BCUT2D eigenvalue weighted by atomic mass is 9.99. The first kappa shape index (κ1) is 18.8. The molecule has 0 bridgehead atoms. The van der Waals surface area contributed by atoms with Crippen LogP contribution in [-0.4, -0.2) is 77.0 Å². The molecule has 3 rings (SSSR count). The summed E-state index contributed by atoms with van der Waals surface area (Å²) < 4.78 is 29.8. The number of hydrogen-bond donors (Lipinski definition) is 0. The maximum absolute atomic E-state index is 12.4. The molecule has 0 unspecified atom stereocenters. The van der Waals surface area contributed by atoms with E-state index in [1.54, 1.807) is 18.4 Å². The van der Waals surface area contributed by atoms with E-state index in [1.165, 1.54) is 23.6 Å². The second kappa shape index (κ2) is 7.69. The van der Waals surface area contributed by atoms with Crippen LogP contribution < -0.4 is 0 Å². The van der Waals surface area contributed by atoms with Crippen molar-refractivity contribution in [3.8, 4) is 0 Å². The summed E-state index contributed by atoms with van der Waals surface area (Å²) in [4.78, 5) is 2.43. The minimum atomic E-state index is -3.37. The Morgan fingerprint density at radius 2 is 1.80 bits per heavy atom. The van der Waals surface area contributed by atoms with Gasteiger partial charge >= 0.3 is 0 Å². The molecule has 2 fully saturated rings. The fourth-order valence-corrected chi connectivity index (χ4v) is 4.97. The molecule has 2 aliphatic rings. The van der Waals surface area contributed by atoms with Crippen molar-refractivity contribution in [2.24, 2.45) is 7.05 Å². The van der Waals surface area contributed by atoms with Gasteiger partial charge < -0.3 is 4.57 Å². The topological polar surface area (TPSA) is 74.6 Å². The van der Waals surface area contributed by atoms with Crippen LogP contribution in [0.1, 0.15) is 49.7 Å². The number of likely N-dealkylation sites (tertiary alicyclic amines) is 1. The summed E-state index contributed by atoms with van der Waals surface area (Å²) in [6, 6.07) is 0. The molecule has 8 nitrogen and oxygen atoms in total. The summed E-state index contributed by atoms with van der Waals surface area (Å²) in [5.74, 6) is 1.99. The molecule has 0 saturated carbocycles. The van der Waals surface area contributed by atoms with Gasteiger partial charge in [0.2, 0.25) is 0 Å². The van der Waals surface area contributed by atoms with Crippen molar-refractivity contribution in [3.63, 3.8) is 0 Å². The van der Waals surface area contributed by atoms with Crippen LogP contribution in [0.15, 0.2) is 0 Å². The third kappa shape index (κ3) is 4.05. The van der Waals surface area contributed by atoms with E-state index < -0.39 is 10.2 Å². The molecule has 9 heteroatoms. The molecular weight excluding hydrogens is 340 g/mol. The highest BCUT2D eigenvalue weighted by atomic mass is 32.2. The molecule has 2 saturated heterocycles. The van der Waals surface area contributed by atoms with Crippen LogP contribution in [-0.2, 0) is 23.8 Å². The minimum Gasteiger partial charge on any atom is -0.317 e. The van der Waals surface area contributed by atoms with Crippen molar-refractivity contribution in [3.05, 3.63) is 11.6 Å². The Kier molecular flexibility index (Phi) is 5.77. The number of nitrogens with zero attached hydrogens (tertiary/aromatic N) is 6. The largest absolute Gasteiger partial charge is 0.317 e. The van der Waals surface area contributed by atoms with Gasteiger partial charge in [-0.1, -0.05) is 6.42 Å². The van der Waals surface area contributed by atoms with E-state index in [2.05, 4.69) is 19.7 Å². The third-order valence-electron chi connectivity index (χ3n) is 5.35. The monoisotopic (exact) mass is 370 g/mol. The second-order valence-electron chi connectivity index (χ2n) is 7.36. The third-order valence-corrected chi connectivity index (χ3v) is 7.26. The lowest BCUT2D eigenvalue weighted by Gasteiger charge is -2.33. The SMILES string of the molecule is CN(C)S(=O)(=O)N1CCC[C@@H](c2nnc(CN3CCCCC3)n2C)C1. The standard InChI is InChI=1S/C16H30N6O2S/c1-19(2)25(23,24)22-11-7-8-14(12-22)16-18-17-15(20(16)3)13-21-9-5-4-6-10-21/h14H,4-13H2,1-3H3/t14-/m1/s1. The average molecular weight is 371 g/mol. The zero-order valence-electron chi connectivity index (χ0n) is 15.6. The maximum Gasteiger partial charge on any atom is 0.281 e. The number of rotatable bonds is 5. The van der Waals surface area contributed by atoms with Gasteiger partial charge in [0.25, 0.3) is 10.2 Å². The van der Waals surface area contributed by atoms with E-state index in [0.29, 0.717) is 13.1 Å². The molecule has 0 N–H and O–H groups in total. The zero-order chi connectivity index (χ0) is 18.0. The molecule has 0 radical (unpaired) electrons. The van der Waals surface area contributed by atoms with E-state index in [-0.39, 0.29) is 5.92 Å². The smallest absolute Gasteiger partial charge is 0.281 e. The highest BCUT2D eigenvalue weighted by Crippen LogP contribution is 2.28. The van der Waals surface area contributed by atoms with Crippen LogP contribution in [0, 0.1) is 0 Å². The molecule has 3 heterocycles. The summed E-state index contributed by atoms with van der Waals surface area (Å²) in [6.07, 6.45) is 5.63. The van der Waals surface area contributed by atoms with E-state index in [0.717, 1.165) is 44.1 Å². The van der Waals surface area contributed by atoms with Gasteiger partial charge in [-0.05, 0) is 38.8 Å². The van der Waals surface area contributed by atoms with Crippen molar-refractivity contribution in [1.82, 2.24) is 28.3 Å². The lowest BCUT2D eigenvalue weighted by Crippen LogP contribution is -2.45. The molecule has 0 spiro atoms. The molecule has 1 aromatic heterocycles. The van der Waals surface area contributed by atoms with Crippen LogP contribution in [0.3, 0.4) is 0 Å². The highest BCUT2D eigenvalue weighted by molar-refractivity contribution is 7.86. The molecular formula is C16H30N6O2S. The molecule has 2 aliphatic heterocycles. The van der Waals surface area contributed by atoms with Gasteiger partial charge in [-0.25, -0.2) is 0 Å². The first-order valence-electron chi connectivity index (χ1n) is 9.17. The summed E-state index contributed by atoms with van der Waals surface area (Å²) in [6.45, 7) is 4.14. The van der Waals surface area contributed by atoms with Crippen molar-refractivity contribution < 1.29 is 8.42 Å². The van der Waals surface area contributed by atoms with Crippen LogP contribution >= 0.6 is 0 Å². The van der Waals surface area contributed by atoms with Crippen molar-refractivity contribution in [2.75, 3.05) is 40.3 Å². The first-order valence-corrected chi connectivity index (χ1v) is 10.6. The van der Waals surface area contributed by atoms with Gasteiger partial charge in [-0.2, -0.15) is 17.0 Å². The van der Waals surface area contributed by atoms with Crippen LogP contribution in [0.25, 0.3) is 0 Å². The fraction of sp³-hybridized carbons (Fsp3) is 0.875. The van der Waals surface area contributed by atoms with Gasteiger partial charge in [-0.15, -0.1) is 10.2 Å². The van der Waals surface area contributed by atoms with Gasteiger partial charge in [0.15, 0.2) is 0 Å². The average Bonchev–Trinajstić information content (AvgIpc) is 2.96. The number of aromatic nitrogens is 3. The molecule has 0 aliphatic carbocycles. The first-order chi connectivity index (χ1) is 11.9. The predicted octanol–water partition coefficient (Wildman–Crippen LogP) is 0.787. The van der Waals surface area contributed by atoms with Gasteiger partial charge in [0, 0.05) is 40.2 Å². The molecule has 0 amide bonds. The molecule has 25 heavy (non-hydrogen) atoms. The predicted molar refractivity (Wildman–Crippen MR) is 96.3 cm³/mol. The Labute approximate surface area is 151 Å². The van der Waals surface area contributed by atoms with Crippen LogP contribution in [0.4, 0.5) is 0 Å². The van der Waals surface area contributed by atoms with Crippen LogP contribution in [0.2, 0.25) is 0 Å². The Balaban J connectivity index is 1.71. The Hall–Kier alpha value is -1.03. The fourth-order valence-electron chi connectivity index (χ4n) is 3.78. The summed E-state index contributed by atoms with van der Waals surface area (Å²) >= 11 is 0. The highest BCUT2D eigenvalue weighted by Gasteiger charge is 2.33. The minimum absolute atomic E-state index is 0.107. The van der Waals surface area contributed by atoms with E-state index in [9.17, 15) is 8.42 Å². The number of piperidine rings is 2. The molecule has 142 valence electrons. The number of hydrogen-bond acceptors (Lipinski definition) is 5. The van der Waals surface area contributed by atoms with E-state index >= 15 is 0 Å². The lowest BCUT2D eigenvalue weighted by molar-refractivity contribution is 0.213. The molecule has 1 aromatic rings. The molecule has 1 atom stereocenters.